The average molecular weight is 454 g/mol. The highest BCUT2D eigenvalue weighted by atomic mass is 32.2. The number of carbonyl (C=O) groups excluding carboxylic acids is 1. The van der Waals surface area contributed by atoms with Crippen LogP contribution in [-0.4, -0.2) is 26.0 Å². The second-order valence-corrected chi connectivity index (χ2v) is 9.38. The topological polar surface area (TPSA) is 89.8 Å². The van der Waals surface area contributed by atoms with Crippen LogP contribution in [0.2, 0.25) is 0 Å². The molecule has 4 rings (SSSR count). The first-order valence-corrected chi connectivity index (χ1v) is 11.6. The number of benzene rings is 3. The number of nitrogens with one attached hydrogen (secondary N) is 1. The Morgan fingerprint density at radius 3 is 2.42 bits per heavy atom. The SMILES string of the molecule is COc1ccc2c(c1)sc(=NC(=O)c1ccc(NS(=O)(=O)c3ccccc3)cc1)n2C. The summed E-state index contributed by atoms with van der Waals surface area (Å²) in [6.45, 7) is 0. The van der Waals surface area contributed by atoms with Crippen molar-refractivity contribution in [1.82, 2.24) is 4.57 Å². The predicted molar refractivity (Wildman–Crippen MR) is 121 cm³/mol. The van der Waals surface area contributed by atoms with Crippen LogP contribution in [-0.2, 0) is 17.1 Å². The molecule has 0 spiro atoms. The van der Waals surface area contributed by atoms with Gasteiger partial charge in [-0.25, -0.2) is 8.42 Å². The van der Waals surface area contributed by atoms with E-state index in [2.05, 4.69) is 9.71 Å². The quantitative estimate of drug-likeness (QED) is 0.498. The van der Waals surface area contributed by atoms with E-state index >= 15 is 0 Å². The molecule has 1 amide bonds. The Morgan fingerprint density at radius 2 is 1.74 bits per heavy atom. The van der Waals surface area contributed by atoms with Gasteiger partial charge in [0.05, 0.1) is 22.2 Å². The summed E-state index contributed by atoms with van der Waals surface area (Å²) < 4.78 is 35.4. The molecule has 0 atom stereocenters. The molecule has 0 radical (unpaired) electrons. The third kappa shape index (κ3) is 4.37. The number of methoxy groups -OCH3 is 1. The van der Waals surface area contributed by atoms with Crippen LogP contribution >= 0.6 is 11.3 Å². The summed E-state index contributed by atoms with van der Waals surface area (Å²) in [4.78, 5) is 17.6. The van der Waals surface area contributed by atoms with Crippen molar-refractivity contribution in [3.63, 3.8) is 0 Å². The van der Waals surface area contributed by atoms with Gasteiger partial charge in [0.15, 0.2) is 4.80 Å². The maximum absolute atomic E-state index is 12.6. The molecule has 1 N–H and O–H groups in total. The fourth-order valence-corrected chi connectivity index (χ4v) is 5.12. The van der Waals surface area contributed by atoms with Gasteiger partial charge in [0.1, 0.15) is 5.75 Å². The summed E-state index contributed by atoms with van der Waals surface area (Å²) in [6.07, 6.45) is 0. The molecule has 0 unspecified atom stereocenters. The third-order valence-electron chi connectivity index (χ3n) is 4.65. The summed E-state index contributed by atoms with van der Waals surface area (Å²) in [5, 5.41) is 0. The lowest BCUT2D eigenvalue weighted by Crippen LogP contribution is -2.14. The van der Waals surface area contributed by atoms with E-state index in [1.807, 2.05) is 29.8 Å². The molecular formula is C22H19N3O4S2. The summed E-state index contributed by atoms with van der Waals surface area (Å²) >= 11 is 1.39. The van der Waals surface area contributed by atoms with Gasteiger partial charge in [-0.2, -0.15) is 4.99 Å². The molecule has 31 heavy (non-hydrogen) atoms. The molecular weight excluding hydrogens is 434 g/mol. The molecule has 3 aromatic carbocycles. The van der Waals surface area contributed by atoms with Crippen LogP contribution < -0.4 is 14.3 Å². The van der Waals surface area contributed by atoms with Crippen molar-refractivity contribution in [2.75, 3.05) is 11.8 Å². The van der Waals surface area contributed by atoms with Crippen molar-refractivity contribution in [2.24, 2.45) is 12.0 Å². The fraction of sp³-hybridized carbons (Fsp3) is 0.0909. The molecule has 0 saturated carbocycles. The van der Waals surface area contributed by atoms with Gasteiger partial charge in [0.2, 0.25) is 0 Å². The maximum Gasteiger partial charge on any atom is 0.279 e. The molecule has 9 heteroatoms. The summed E-state index contributed by atoms with van der Waals surface area (Å²) in [7, 11) is -0.241. The van der Waals surface area contributed by atoms with E-state index in [9.17, 15) is 13.2 Å². The summed E-state index contributed by atoms with van der Waals surface area (Å²) in [6, 6.07) is 19.9. The van der Waals surface area contributed by atoms with Crippen LogP contribution in [0.3, 0.4) is 0 Å². The molecule has 1 heterocycles. The van der Waals surface area contributed by atoms with Gasteiger partial charge < -0.3 is 9.30 Å². The van der Waals surface area contributed by atoms with Crippen LogP contribution in [0.15, 0.2) is 82.7 Å². The minimum Gasteiger partial charge on any atom is -0.497 e. The molecule has 7 nitrogen and oxygen atoms in total. The van der Waals surface area contributed by atoms with E-state index in [1.54, 1.807) is 49.6 Å². The number of nitrogens with zero attached hydrogens (tertiary/aromatic N) is 2. The van der Waals surface area contributed by atoms with Crippen molar-refractivity contribution >= 4 is 43.2 Å². The summed E-state index contributed by atoms with van der Waals surface area (Å²) in [5.41, 5.74) is 1.67. The van der Waals surface area contributed by atoms with Crippen molar-refractivity contribution in [1.29, 1.82) is 0 Å². The Bertz CT molecular complexity index is 1420. The standard InChI is InChI=1S/C22H19N3O4S2/c1-25-19-13-12-17(29-2)14-20(19)30-22(25)23-21(26)15-8-10-16(11-9-15)24-31(27,28)18-6-4-3-5-7-18/h3-14,24H,1-2H3. The Hall–Kier alpha value is -3.43. The number of fused-ring (bicyclic) bond motifs is 1. The lowest BCUT2D eigenvalue weighted by molar-refractivity contribution is 0.0998. The van der Waals surface area contributed by atoms with E-state index in [0.29, 0.717) is 16.1 Å². The number of aryl methyl sites for hydroxylation is 1. The van der Waals surface area contributed by atoms with E-state index < -0.39 is 15.9 Å². The number of carbonyl (C=O) groups is 1. The summed E-state index contributed by atoms with van der Waals surface area (Å²) in [5.74, 6) is 0.326. The zero-order chi connectivity index (χ0) is 22.0. The van der Waals surface area contributed by atoms with Crippen LogP contribution in [0.25, 0.3) is 10.2 Å². The van der Waals surface area contributed by atoms with Crippen molar-refractivity contribution in [3.05, 3.63) is 83.2 Å². The largest absolute Gasteiger partial charge is 0.497 e. The first kappa shape index (κ1) is 20.8. The Kier molecular flexibility index (Phi) is 5.62. The van der Waals surface area contributed by atoms with E-state index in [1.165, 1.54) is 23.5 Å². The highest BCUT2D eigenvalue weighted by Crippen LogP contribution is 2.22. The number of ether oxygens (including phenoxy) is 1. The first-order valence-electron chi connectivity index (χ1n) is 9.28. The second-order valence-electron chi connectivity index (χ2n) is 6.69. The van der Waals surface area contributed by atoms with Crippen LogP contribution in [0.1, 0.15) is 10.4 Å². The first-order chi connectivity index (χ1) is 14.9. The minimum atomic E-state index is -3.69. The predicted octanol–water partition coefficient (Wildman–Crippen LogP) is 3.79. The Labute approximate surface area is 183 Å². The van der Waals surface area contributed by atoms with Crippen molar-refractivity contribution < 1.29 is 17.9 Å². The zero-order valence-corrected chi connectivity index (χ0v) is 18.4. The van der Waals surface area contributed by atoms with Gasteiger partial charge >= 0.3 is 0 Å². The van der Waals surface area contributed by atoms with Gasteiger partial charge in [-0.3, -0.25) is 9.52 Å². The highest BCUT2D eigenvalue weighted by Gasteiger charge is 2.14. The fourth-order valence-electron chi connectivity index (χ4n) is 2.99. The van der Waals surface area contributed by atoms with Gasteiger partial charge in [-0.15, -0.1) is 0 Å². The average Bonchev–Trinajstić information content (AvgIpc) is 3.09. The van der Waals surface area contributed by atoms with Crippen molar-refractivity contribution in [2.45, 2.75) is 4.90 Å². The minimum absolute atomic E-state index is 0.166. The Balaban J connectivity index is 1.58. The molecule has 0 aliphatic heterocycles. The van der Waals surface area contributed by atoms with Crippen LogP contribution in [0.5, 0.6) is 5.75 Å². The number of sulfonamides is 1. The molecule has 0 fully saturated rings. The number of hydrogen-bond donors (Lipinski definition) is 1. The molecule has 0 saturated heterocycles. The van der Waals surface area contributed by atoms with Crippen LogP contribution in [0, 0.1) is 0 Å². The van der Waals surface area contributed by atoms with Gasteiger partial charge in [0, 0.05) is 18.3 Å². The Morgan fingerprint density at radius 1 is 1.03 bits per heavy atom. The smallest absolute Gasteiger partial charge is 0.279 e. The molecule has 158 valence electrons. The van der Waals surface area contributed by atoms with Crippen molar-refractivity contribution in [3.8, 4) is 5.75 Å². The lowest BCUT2D eigenvalue weighted by atomic mass is 10.2. The number of hydrogen-bond acceptors (Lipinski definition) is 5. The van der Waals surface area contributed by atoms with Gasteiger partial charge in [0.25, 0.3) is 15.9 Å². The number of anilines is 1. The number of rotatable bonds is 5. The monoisotopic (exact) mass is 453 g/mol. The lowest BCUT2D eigenvalue weighted by Gasteiger charge is -2.08. The number of thiazole rings is 1. The molecule has 0 bridgehead atoms. The molecule has 0 aliphatic carbocycles. The van der Waals surface area contributed by atoms with E-state index in [4.69, 9.17) is 4.74 Å². The normalized spacial score (nSPS) is 12.1. The highest BCUT2D eigenvalue weighted by molar-refractivity contribution is 7.92. The van der Waals surface area contributed by atoms with Gasteiger partial charge in [-0.05, 0) is 54.6 Å². The molecule has 4 aromatic rings. The van der Waals surface area contributed by atoms with E-state index in [-0.39, 0.29) is 4.90 Å². The number of amides is 1. The van der Waals surface area contributed by atoms with E-state index in [0.717, 1.165) is 16.0 Å². The number of aromatic nitrogens is 1. The van der Waals surface area contributed by atoms with Crippen LogP contribution in [0.4, 0.5) is 5.69 Å². The third-order valence-corrected chi connectivity index (χ3v) is 7.14. The maximum atomic E-state index is 12.6. The molecule has 0 aliphatic rings. The molecule has 1 aromatic heterocycles. The second kappa shape index (κ2) is 8.37. The van der Waals surface area contributed by atoms with Gasteiger partial charge in [-0.1, -0.05) is 29.5 Å². The zero-order valence-electron chi connectivity index (χ0n) is 16.8.